The van der Waals surface area contributed by atoms with Gasteiger partial charge in [0, 0.05) is 38.5 Å². The maximum Gasteiger partial charge on any atom is 0.201 e. The Kier molecular flexibility index (Phi) is 6.37. The van der Waals surface area contributed by atoms with Crippen LogP contribution >= 0.6 is 0 Å². The lowest BCUT2D eigenvalue weighted by Crippen LogP contribution is -2.06. The third kappa shape index (κ3) is 4.33. The molecular weight excluding hydrogens is 649 g/mol. The maximum atomic E-state index is 15.0. The molecule has 0 saturated heterocycles. The van der Waals surface area contributed by atoms with Gasteiger partial charge in [-0.15, -0.1) is 0 Å². The van der Waals surface area contributed by atoms with E-state index >= 15 is 0 Å². The predicted molar refractivity (Wildman–Crippen MR) is 220 cm³/mol. The first-order chi connectivity index (χ1) is 26.2. The number of rotatable bonds is 4. The molecule has 0 unspecified atom stereocenters. The predicted octanol–water partition coefficient (Wildman–Crippen LogP) is 12.5. The van der Waals surface area contributed by atoms with Crippen LogP contribution in [0.15, 0.2) is 191 Å². The van der Waals surface area contributed by atoms with Crippen molar-refractivity contribution in [3.63, 3.8) is 0 Å². The van der Waals surface area contributed by atoms with E-state index in [9.17, 15) is 4.79 Å². The zero-order chi connectivity index (χ0) is 35.0. The van der Waals surface area contributed by atoms with E-state index in [2.05, 4.69) is 130 Å². The molecule has 4 heteroatoms. The third-order valence-corrected chi connectivity index (χ3v) is 10.7. The highest BCUT2D eigenvalue weighted by Crippen LogP contribution is 2.43. The molecule has 0 amide bonds. The van der Waals surface area contributed by atoms with Gasteiger partial charge in [0.05, 0.1) is 32.8 Å². The summed E-state index contributed by atoms with van der Waals surface area (Å²) in [6.07, 6.45) is 0. The van der Waals surface area contributed by atoms with Crippen molar-refractivity contribution in [2.45, 2.75) is 0 Å². The van der Waals surface area contributed by atoms with E-state index in [0.29, 0.717) is 21.9 Å². The Morgan fingerprint density at radius 1 is 0.396 bits per heavy atom. The number of nitrogens with zero attached hydrogens (tertiary/aromatic N) is 2. The van der Waals surface area contributed by atoms with Gasteiger partial charge in [0.1, 0.15) is 11.2 Å². The van der Waals surface area contributed by atoms with Gasteiger partial charge in [0.15, 0.2) is 0 Å². The van der Waals surface area contributed by atoms with Gasteiger partial charge < -0.3 is 13.6 Å². The van der Waals surface area contributed by atoms with Gasteiger partial charge >= 0.3 is 0 Å². The van der Waals surface area contributed by atoms with E-state index in [1.54, 1.807) is 0 Å². The molecule has 248 valence electrons. The fourth-order valence-corrected chi connectivity index (χ4v) is 8.42. The molecule has 4 nitrogen and oxygen atoms in total. The van der Waals surface area contributed by atoms with Crippen LogP contribution in [0.2, 0.25) is 0 Å². The fourth-order valence-electron chi connectivity index (χ4n) is 8.42. The van der Waals surface area contributed by atoms with Crippen molar-refractivity contribution in [3.05, 3.63) is 192 Å². The Morgan fingerprint density at radius 2 is 1.00 bits per heavy atom. The van der Waals surface area contributed by atoms with Crippen molar-refractivity contribution in [3.8, 4) is 33.6 Å². The Morgan fingerprint density at radius 3 is 1.74 bits per heavy atom. The Bertz CT molecular complexity index is 3280. The number of aromatic nitrogens is 2. The number of para-hydroxylation sites is 3. The van der Waals surface area contributed by atoms with Crippen LogP contribution in [0, 0.1) is 0 Å². The molecule has 0 bridgehead atoms. The van der Waals surface area contributed by atoms with Crippen molar-refractivity contribution in [1.29, 1.82) is 0 Å². The van der Waals surface area contributed by atoms with Gasteiger partial charge in [-0.2, -0.15) is 0 Å². The third-order valence-electron chi connectivity index (χ3n) is 10.7. The second-order valence-corrected chi connectivity index (χ2v) is 13.6. The average molecular weight is 679 g/mol. The molecule has 0 fully saturated rings. The van der Waals surface area contributed by atoms with E-state index in [1.165, 1.54) is 10.8 Å². The van der Waals surface area contributed by atoms with Crippen molar-refractivity contribution in [2.75, 3.05) is 0 Å². The molecule has 3 heterocycles. The smallest absolute Gasteiger partial charge is 0.201 e. The Hall–Kier alpha value is -7.17. The van der Waals surface area contributed by atoms with Crippen molar-refractivity contribution in [1.82, 2.24) is 9.13 Å². The number of benzene rings is 8. The van der Waals surface area contributed by atoms with E-state index in [0.717, 1.165) is 66.5 Å². The second kappa shape index (κ2) is 11.4. The van der Waals surface area contributed by atoms with Crippen LogP contribution in [0.25, 0.3) is 99.2 Å². The molecule has 0 N–H and O–H groups in total. The summed E-state index contributed by atoms with van der Waals surface area (Å²) in [6, 6.07) is 62.6. The van der Waals surface area contributed by atoms with E-state index in [-0.39, 0.29) is 5.43 Å². The van der Waals surface area contributed by atoms with Gasteiger partial charge in [-0.05, 0) is 71.3 Å². The SMILES string of the molecule is O=c1c2cc(-n3c4ccccc4c4ccc5c(c6ccccc6n5-c5ccccc5)c43)ccc2oc2c(-c3ccccc3)ccc(-c3ccccc3)c12. The lowest BCUT2D eigenvalue weighted by atomic mass is 9.94. The molecule has 11 rings (SSSR count). The second-order valence-electron chi connectivity index (χ2n) is 13.6. The van der Waals surface area contributed by atoms with Gasteiger partial charge in [0.25, 0.3) is 0 Å². The summed E-state index contributed by atoms with van der Waals surface area (Å²) in [5, 5.41) is 5.79. The first-order valence-electron chi connectivity index (χ1n) is 17.9. The Balaban J connectivity index is 1.25. The van der Waals surface area contributed by atoms with Crippen LogP contribution < -0.4 is 5.43 Å². The summed E-state index contributed by atoms with van der Waals surface area (Å²) in [4.78, 5) is 15.0. The molecule has 0 radical (unpaired) electrons. The molecule has 0 atom stereocenters. The van der Waals surface area contributed by atoms with Gasteiger partial charge in [0.2, 0.25) is 5.43 Å². The standard InChI is InChI=1S/C49H30N2O2/c52-48-40-30-34(24-29-44(40)53-49-36(32-16-6-2-7-17-32)26-25-35(46(48)49)31-14-4-1-5-15-31)51-41-22-12-10-20-37(41)38-27-28-43-45(47(38)51)39-21-11-13-23-42(39)50(43)33-18-8-3-9-19-33/h1-30H. The quantitative estimate of drug-likeness (QED) is 0.174. The van der Waals surface area contributed by atoms with Gasteiger partial charge in [-0.1, -0.05) is 127 Å². The highest BCUT2D eigenvalue weighted by molar-refractivity contribution is 6.26. The normalized spacial score (nSPS) is 11.8. The lowest BCUT2D eigenvalue weighted by molar-refractivity contribution is 0.661. The molecular formula is C49H30N2O2. The van der Waals surface area contributed by atoms with E-state index in [1.807, 2.05) is 60.7 Å². The lowest BCUT2D eigenvalue weighted by Gasteiger charge is -2.14. The molecule has 11 aromatic rings. The van der Waals surface area contributed by atoms with Crippen LogP contribution in [0.3, 0.4) is 0 Å². The molecule has 53 heavy (non-hydrogen) atoms. The minimum atomic E-state index is -0.0497. The molecule has 3 aromatic heterocycles. The molecule has 0 aliphatic rings. The number of hydrogen-bond acceptors (Lipinski definition) is 2. The first-order valence-corrected chi connectivity index (χ1v) is 17.9. The van der Waals surface area contributed by atoms with Crippen LogP contribution in [-0.2, 0) is 0 Å². The number of hydrogen-bond donors (Lipinski definition) is 0. The molecule has 0 aliphatic carbocycles. The van der Waals surface area contributed by atoms with E-state index in [4.69, 9.17) is 4.42 Å². The zero-order valence-corrected chi connectivity index (χ0v) is 28.5. The molecule has 0 aliphatic heterocycles. The summed E-state index contributed by atoms with van der Waals surface area (Å²) in [5.41, 5.74) is 11.3. The summed E-state index contributed by atoms with van der Waals surface area (Å²) < 4.78 is 11.5. The summed E-state index contributed by atoms with van der Waals surface area (Å²) >= 11 is 0. The van der Waals surface area contributed by atoms with Crippen LogP contribution in [0.4, 0.5) is 0 Å². The monoisotopic (exact) mass is 678 g/mol. The van der Waals surface area contributed by atoms with Crippen LogP contribution in [0.5, 0.6) is 0 Å². The first kappa shape index (κ1) is 29.5. The topological polar surface area (TPSA) is 40.1 Å². The maximum absolute atomic E-state index is 15.0. The minimum absolute atomic E-state index is 0.0497. The van der Waals surface area contributed by atoms with E-state index < -0.39 is 0 Å². The minimum Gasteiger partial charge on any atom is -0.455 e. The summed E-state index contributed by atoms with van der Waals surface area (Å²) in [7, 11) is 0. The zero-order valence-electron chi connectivity index (χ0n) is 28.5. The fraction of sp³-hybridized carbons (Fsp3) is 0. The van der Waals surface area contributed by atoms with Gasteiger partial charge in [-0.3, -0.25) is 4.79 Å². The summed E-state index contributed by atoms with van der Waals surface area (Å²) in [6.45, 7) is 0. The Labute approximate surface area is 304 Å². The average Bonchev–Trinajstić information content (AvgIpc) is 3.74. The van der Waals surface area contributed by atoms with Crippen LogP contribution in [-0.4, -0.2) is 9.13 Å². The molecule has 0 spiro atoms. The highest BCUT2D eigenvalue weighted by Gasteiger charge is 2.22. The van der Waals surface area contributed by atoms with Crippen LogP contribution in [0.1, 0.15) is 0 Å². The van der Waals surface area contributed by atoms with Gasteiger partial charge in [-0.25, -0.2) is 0 Å². The van der Waals surface area contributed by atoms with Crippen molar-refractivity contribution in [2.24, 2.45) is 0 Å². The molecule has 8 aromatic carbocycles. The highest BCUT2D eigenvalue weighted by atomic mass is 16.3. The number of fused-ring (bicyclic) bond motifs is 9. The summed E-state index contributed by atoms with van der Waals surface area (Å²) in [5.74, 6) is 0. The largest absolute Gasteiger partial charge is 0.455 e. The molecule has 0 saturated carbocycles. The van der Waals surface area contributed by atoms with Crippen molar-refractivity contribution >= 4 is 65.6 Å². The van der Waals surface area contributed by atoms with Crippen molar-refractivity contribution < 1.29 is 4.42 Å².